The molecule has 42 heavy (non-hydrogen) atoms. The van der Waals surface area contributed by atoms with Gasteiger partial charge in [-0.15, -0.1) is 23.2 Å². The van der Waals surface area contributed by atoms with Gasteiger partial charge in [0.05, 0.1) is 31.0 Å². The lowest BCUT2D eigenvalue weighted by Gasteiger charge is -2.36. The molecule has 0 aliphatic carbocycles. The largest absolute Gasteiger partial charge is 0.467 e. The molecule has 220 valence electrons. The first-order valence-corrected chi connectivity index (χ1v) is 15.3. The fourth-order valence-corrected chi connectivity index (χ4v) is 6.37. The molecule has 0 spiro atoms. The maximum atomic E-state index is 13.5. The van der Waals surface area contributed by atoms with Crippen LogP contribution in [0.25, 0.3) is 0 Å². The highest BCUT2D eigenvalue weighted by Gasteiger charge is 2.68. The van der Waals surface area contributed by atoms with Crippen LogP contribution in [-0.2, 0) is 19.1 Å². The number of hydrogen-bond donors (Lipinski definition) is 1. The van der Waals surface area contributed by atoms with E-state index in [0.29, 0.717) is 31.4 Å². The van der Waals surface area contributed by atoms with Gasteiger partial charge >= 0.3 is 17.9 Å². The molecule has 3 aromatic rings. The Morgan fingerprint density at radius 3 is 2.10 bits per heavy atom. The minimum absolute atomic E-state index is 0.155. The van der Waals surface area contributed by atoms with Gasteiger partial charge in [-0.05, 0) is 60.7 Å². The third-order valence-electron chi connectivity index (χ3n) is 6.89. The molecule has 2 aliphatic heterocycles. The van der Waals surface area contributed by atoms with Crippen molar-refractivity contribution in [1.82, 2.24) is 5.32 Å². The summed E-state index contributed by atoms with van der Waals surface area (Å²) in [6.45, 7) is 0. The van der Waals surface area contributed by atoms with Crippen molar-refractivity contribution in [2.75, 3.05) is 19.6 Å². The van der Waals surface area contributed by atoms with Crippen LogP contribution in [-0.4, -0.2) is 48.1 Å². The van der Waals surface area contributed by atoms with Crippen LogP contribution in [0.2, 0.25) is 0 Å². The fourth-order valence-electron chi connectivity index (χ4n) is 5.25. The second-order valence-electron chi connectivity index (χ2n) is 9.06. The quantitative estimate of drug-likeness (QED) is 0.100. The first-order chi connectivity index (χ1) is 20.1. The predicted octanol–water partition coefficient (Wildman–Crippen LogP) is 6.70. The van der Waals surface area contributed by atoms with Gasteiger partial charge in [-0.3, -0.25) is 5.32 Å². The molecule has 0 amide bonds. The first kappa shape index (κ1) is 32.4. The number of hydrogen-bond acceptors (Lipinski definition) is 9. The summed E-state index contributed by atoms with van der Waals surface area (Å²) in [6.07, 6.45) is 0. The highest BCUT2D eigenvalue weighted by atomic mass is 79.9. The van der Waals surface area contributed by atoms with Crippen LogP contribution in [0.4, 0.5) is 0 Å². The molecule has 0 bridgehead atoms. The monoisotopic (exact) mass is 757 g/mol. The standard InChI is InChI=1S/C28H21Br2NO7S.CH2Cl2/c1-35-26(33)28(27(34)36-2)22-17-12-15(29)8-10-19(17)38-25(39)21(22)23(31-28)18-13-16(30)9-11-20(18)37-24(32)14-6-4-3-5-7-14;2-1-3/h3-13,21-23,31H,1-2H3;1H2/t21-,22+,23+;/m0./s1. The Labute approximate surface area is 274 Å². The maximum Gasteiger partial charge on any atom is 0.343 e. The van der Waals surface area contributed by atoms with E-state index in [2.05, 4.69) is 37.2 Å². The molecular weight excluding hydrogens is 737 g/mol. The van der Waals surface area contributed by atoms with Crippen molar-refractivity contribution in [2.24, 2.45) is 5.92 Å². The lowest BCUT2D eigenvalue weighted by molar-refractivity contribution is -0.163. The fraction of sp³-hybridized carbons (Fsp3) is 0.241. The molecule has 3 aromatic carbocycles. The van der Waals surface area contributed by atoms with Gasteiger partial charge in [-0.1, -0.05) is 50.1 Å². The van der Waals surface area contributed by atoms with Crippen molar-refractivity contribution >= 4 is 90.2 Å². The number of esters is 3. The van der Waals surface area contributed by atoms with Crippen molar-refractivity contribution < 1.29 is 33.3 Å². The van der Waals surface area contributed by atoms with Gasteiger partial charge in [0.15, 0.2) is 5.05 Å². The average Bonchev–Trinajstić information content (AvgIpc) is 3.36. The van der Waals surface area contributed by atoms with Crippen molar-refractivity contribution in [3.8, 4) is 11.5 Å². The zero-order valence-corrected chi connectivity index (χ0v) is 27.6. The first-order valence-electron chi connectivity index (χ1n) is 12.3. The van der Waals surface area contributed by atoms with E-state index in [1.165, 1.54) is 14.2 Å². The number of methoxy groups -OCH3 is 2. The third-order valence-corrected chi connectivity index (χ3v) is 8.23. The Morgan fingerprint density at radius 2 is 1.50 bits per heavy atom. The lowest BCUT2D eigenvalue weighted by atomic mass is 9.72. The number of carbonyl (C=O) groups is 3. The van der Waals surface area contributed by atoms with E-state index in [9.17, 15) is 14.4 Å². The molecule has 5 rings (SSSR count). The Kier molecular flexibility index (Phi) is 10.7. The second kappa shape index (κ2) is 13.8. The molecule has 3 atom stereocenters. The number of halogens is 4. The van der Waals surface area contributed by atoms with Crippen molar-refractivity contribution in [3.05, 3.63) is 92.4 Å². The number of rotatable bonds is 5. The zero-order valence-electron chi connectivity index (χ0n) is 22.1. The van der Waals surface area contributed by atoms with E-state index in [1.54, 1.807) is 66.7 Å². The van der Waals surface area contributed by atoms with Gasteiger partial charge < -0.3 is 18.9 Å². The zero-order chi connectivity index (χ0) is 30.6. The SMILES string of the molecule is COC(=O)C1(C(=O)OC)N[C@H](c2cc(Br)ccc2OC(=O)c2ccccc2)[C@H]2C(=S)Oc3ccc(Br)cc3[C@H]21.ClCCl. The molecule has 0 saturated carbocycles. The Morgan fingerprint density at radius 1 is 0.929 bits per heavy atom. The molecule has 1 saturated heterocycles. The number of ether oxygens (including phenoxy) is 4. The molecule has 0 aromatic heterocycles. The molecule has 1 fully saturated rings. The molecule has 13 heteroatoms. The highest BCUT2D eigenvalue weighted by molar-refractivity contribution is 9.10. The summed E-state index contributed by atoms with van der Waals surface area (Å²) >= 11 is 22.2. The van der Waals surface area contributed by atoms with Crippen molar-refractivity contribution in [1.29, 1.82) is 0 Å². The van der Waals surface area contributed by atoms with Crippen LogP contribution >= 0.6 is 67.3 Å². The third kappa shape index (κ3) is 6.09. The van der Waals surface area contributed by atoms with Gasteiger partial charge in [0.2, 0.25) is 5.54 Å². The maximum absolute atomic E-state index is 13.5. The van der Waals surface area contributed by atoms with Gasteiger partial charge in [0.1, 0.15) is 11.5 Å². The number of benzene rings is 3. The number of carbonyl (C=O) groups excluding carboxylic acids is 3. The minimum atomic E-state index is -1.98. The smallest absolute Gasteiger partial charge is 0.343 e. The number of alkyl halides is 2. The summed E-state index contributed by atoms with van der Waals surface area (Å²) in [5, 5.41) is 3.54. The lowest BCUT2D eigenvalue weighted by Crippen LogP contribution is -2.59. The van der Waals surface area contributed by atoms with E-state index >= 15 is 0 Å². The van der Waals surface area contributed by atoms with Gasteiger partial charge in [-0.2, -0.15) is 0 Å². The van der Waals surface area contributed by atoms with Crippen LogP contribution in [0, 0.1) is 5.92 Å². The normalized spacial score (nSPS) is 19.7. The highest BCUT2D eigenvalue weighted by Crippen LogP contribution is 2.56. The Hall–Kier alpha value is -2.54. The number of nitrogens with one attached hydrogen (secondary N) is 1. The van der Waals surface area contributed by atoms with Crippen LogP contribution in [0.5, 0.6) is 11.5 Å². The molecular formula is C29H23Br2Cl2NO7S. The van der Waals surface area contributed by atoms with Crippen LogP contribution < -0.4 is 14.8 Å². The molecule has 2 heterocycles. The van der Waals surface area contributed by atoms with Crippen LogP contribution in [0.3, 0.4) is 0 Å². The molecule has 0 unspecified atom stereocenters. The minimum Gasteiger partial charge on any atom is -0.467 e. The predicted molar refractivity (Wildman–Crippen MR) is 168 cm³/mol. The topological polar surface area (TPSA) is 100 Å². The second-order valence-corrected chi connectivity index (χ2v) is 12.1. The van der Waals surface area contributed by atoms with E-state index in [1.807, 2.05) is 0 Å². The molecule has 8 nitrogen and oxygen atoms in total. The average molecular weight is 760 g/mol. The van der Waals surface area contributed by atoms with E-state index in [-0.39, 0.29) is 16.1 Å². The summed E-state index contributed by atoms with van der Waals surface area (Å²) in [7, 11) is 2.39. The van der Waals surface area contributed by atoms with E-state index in [0.717, 1.165) is 0 Å². The Balaban J connectivity index is 0.00000129. The molecule has 2 aliphatic rings. The van der Waals surface area contributed by atoms with Gasteiger partial charge in [0.25, 0.3) is 0 Å². The molecule has 1 N–H and O–H groups in total. The van der Waals surface area contributed by atoms with E-state index in [4.69, 9.17) is 54.4 Å². The van der Waals surface area contributed by atoms with Crippen LogP contribution in [0.1, 0.15) is 33.4 Å². The molecule has 0 radical (unpaired) electrons. The van der Waals surface area contributed by atoms with E-state index < -0.39 is 41.3 Å². The summed E-state index contributed by atoms with van der Waals surface area (Å²) < 4.78 is 23.6. The number of thiocarbonyl (C=S) groups is 1. The summed E-state index contributed by atoms with van der Waals surface area (Å²) in [6, 6.07) is 18.1. The van der Waals surface area contributed by atoms with Crippen LogP contribution in [0.15, 0.2) is 75.7 Å². The van der Waals surface area contributed by atoms with Gasteiger partial charge in [0, 0.05) is 32.0 Å². The summed E-state index contributed by atoms with van der Waals surface area (Å²) in [5.74, 6) is -3.24. The summed E-state index contributed by atoms with van der Waals surface area (Å²) in [5.41, 5.74) is -0.586. The summed E-state index contributed by atoms with van der Waals surface area (Å²) in [4.78, 5) is 40.0. The Bertz CT molecular complexity index is 1510. The number of fused-ring (bicyclic) bond motifs is 3. The van der Waals surface area contributed by atoms with Crippen molar-refractivity contribution in [2.45, 2.75) is 17.5 Å². The van der Waals surface area contributed by atoms with Crippen molar-refractivity contribution in [3.63, 3.8) is 0 Å². The van der Waals surface area contributed by atoms with Gasteiger partial charge in [-0.25, -0.2) is 14.4 Å².